The highest BCUT2D eigenvalue weighted by Crippen LogP contribution is 2.24. The van der Waals surface area contributed by atoms with E-state index in [1.165, 1.54) is 22.7 Å². The highest BCUT2D eigenvalue weighted by atomic mass is 32.2. The van der Waals surface area contributed by atoms with Crippen molar-refractivity contribution in [3.05, 3.63) is 28.0 Å². The highest BCUT2D eigenvalue weighted by Gasteiger charge is 2.39. The van der Waals surface area contributed by atoms with Gasteiger partial charge >= 0.3 is 5.88 Å². The molecular formula is C13H13N3O6S. The SMILES string of the molecule is O=C(NC1CCSC1=O)C1CN(C(=O)c2ccc([N+](=O)[O-])o2)C1. The first-order valence-corrected chi connectivity index (χ1v) is 7.95. The van der Waals surface area contributed by atoms with E-state index in [1.54, 1.807) is 0 Å². The molecule has 2 fully saturated rings. The maximum absolute atomic E-state index is 12.0. The summed E-state index contributed by atoms with van der Waals surface area (Å²) < 4.78 is 4.84. The second-order valence-corrected chi connectivity index (χ2v) is 6.42. The van der Waals surface area contributed by atoms with Crippen molar-refractivity contribution in [2.24, 2.45) is 5.92 Å². The van der Waals surface area contributed by atoms with Crippen LogP contribution < -0.4 is 5.32 Å². The minimum atomic E-state index is -0.722. The van der Waals surface area contributed by atoms with Crippen molar-refractivity contribution in [1.29, 1.82) is 0 Å². The van der Waals surface area contributed by atoms with Gasteiger partial charge in [-0.2, -0.15) is 0 Å². The van der Waals surface area contributed by atoms with Gasteiger partial charge in [-0.1, -0.05) is 11.8 Å². The van der Waals surface area contributed by atoms with Crippen LogP contribution in [-0.2, 0) is 9.59 Å². The molecule has 0 aromatic carbocycles. The van der Waals surface area contributed by atoms with E-state index < -0.39 is 22.8 Å². The van der Waals surface area contributed by atoms with E-state index in [2.05, 4.69) is 5.32 Å². The predicted octanol–water partition coefficient (Wildman–Crippen LogP) is 0.408. The number of thioether (sulfide) groups is 1. The maximum Gasteiger partial charge on any atom is 0.433 e. The number of nitrogens with one attached hydrogen (secondary N) is 1. The molecule has 23 heavy (non-hydrogen) atoms. The Balaban J connectivity index is 1.51. The fraction of sp³-hybridized carbons (Fsp3) is 0.462. The van der Waals surface area contributed by atoms with Crippen molar-refractivity contribution >= 4 is 34.6 Å². The molecule has 3 rings (SSSR count). The Morgan fingerprint density at radius 3 is 2.70 bits per heavy atom. The quantitative estimate of drug-likeness (QED) is 0.622. The number of carbonyl (C=O) groups excluding carboxylic acids is 3. The molecule has 10 heteroatoms. The van der Waals surface area contributed by atoms with Crippen molar-refractivity contribution in [2.75, 3.05) is 18.8 Å². The van der Waals surface area contributed by atoms with Crippen molar-refractivity contribution in [3.8, 4) is 0 Å². The Morgan fingerprint density at radius 1 is 1.39 bits per heavy atom. The van der Waals surface area contributed by atoms with E-state index >= 15 is 0 Å². The molecule has 0 spiro atoms. The van der Waals surface area contributed by atoms with Crippen molar-refractivity contribution in [1.82, 2.24) is 10.2 Å². The van der Waals surface area contributed by atoms with Gasteiger partial charge in [0.1, 0.15) is 4.92 Å². The molecule has 9 nitrogen and oxygen atoms in total. The Morgan fingerprint density at radius 2 is 2.13 bits per heavy atom. The van der Waals surface area contributed by atoms with Crippen molar-refractivity contribution < 1.29 is 23.7 Å². The van der Waals surface area contributed by atoms with Crippen LogP contribution in [0.4, 0.5) is 5.88 Å². The van der Waals surface area contributed by atoms with Crippen LogP contribution >= 0.6 is 11.8 Å². The van der Waals surface area contributed by atoms with Crippen LogP contribution in [0.1, 0.15) is 17.0 Å². The van der Waals surface area contributed by atoms with Gasteiger partial charge in [-0.25, -0.2) is 0 Å². The fourth-order valence-electron chi connectivity index (χ4n) is 2.42. The Kier molecular flexibility index (Phi) is 4.07. The van der Waals surface area contributed by atoms with E-state index in [1.807, 2.05) is 0 Å². The summed E-state index contributed by atoms with van der Waals surface area (Å²) in [6.45, 7) is 0.403. The summed E-state index contributed by atoms with van der Waals surface area (Å²) in [5, 5.41) is 13.2. The molecule has 0 radical (unpaired) electrons. The molecule has 1 N–H and O–H groups in total. The summed E-state index contributed by atoms with van der Waals surface area (Å²) in [6.07, 6.45) is 0.626. The maximum atomic E-state index is 12.0. The minimum absolute atomic E-state index is 0.0338. The third-order valence-corrected chi connectivity index (χ3v) is 4.78. The van der Waals surface area contributed by atoms with E-state index in [4.69, 9.17) is 4.42 Å². The predicted molar refractivity (Wildman–Crippen MR) is 78.8 cm³/mol. The molecule has 1 aromatic rings. The molecule has 2 saturated heterocycles. The van der Waals surface area contributed by atoms with Crippen LogP contribution in [0.2, 0.25) is 0 Å². The first kappa shape index (κ1) is 15.5. The third-order valence-electron chi connectivity index (χ3n) is 3.77. The average Bonchev–Trinajstić information content (AvgIpc) is 3.07. The molecule has 0 saturated carbocycles. The summed E-state index contributed by atoms with van der Waals surface area (Å²) in [5.41, 5.74) is 0. The van der Waals surface area contributed by atoms with Crippen LogP contribution in [0, 0.1) is 16.0 Å². The molecule has 0 bridgehead atoms. The van der Waals surface area contributed by atoms with Crippen LogP contribution in [0.3, 0.4) is 0 Å². The molecular weight excluding hydrogens is 326 g/mol. The lowest BCUT2D eigenvalue weighted by Gasteiger charge is -2.37. The van der Waals surface area contributed by atoms with Gasteiger partial charge in [0.25, 0.3) is 5.91 Å². The standard InChI is InChI=1S/C13H13N3O6S/c17-11(14-8-3-4-23-13(8)19)7-5-15(6-7)12(18)9-1-2-10(22-9)16(20)21/h1-2,7-8H,3-6H2,(H,14,17). The zero-order chi connectivity index (χ0) is 16.6. The second-order valence-electron chi connectivity index (χ2n) is 5.32. The number of likely N-dealkylation sites (tertiary alicyclic amines) is 1. The highest BCUT2D eigenvalue weighted by molar-refractivity contribution is 8.14. The van der Waals surface area contributed by atoms with Crippen LogP contribution in [0.15, 0.2) is 16.5 Å². The molecule has 122 valence electrons. The molecule has 0 aliphatic carbocycles. The van der Waals surface area contributed by atoms with Crippen molar-refractivity contribution in [2.45, 2.75) is 12.5 Å². The van der Waals surface area contributed by atoms with Gasteiger partial charge in [0.05, 0.1) is 18.0 Å². The van der Waals surface area contributed by atoms with E-state index in [9.17, 15) is 24.5 Å². The normalized spacial score (nSPS) is 21.1. The summed E-state index contributed by atoms with van der Waals surface area (Å²) in [4.78, 5) is 46.7. The molecule has 2 amide bonds. The van der Waals surface area contributed by atoms with Crippen LogP contribution in [-0.4, -0.2) is 51.6 Å². The van der Waals surface area contributed by atoms with E-state index in [-0.39, 0.29) is 35.8 Å². The van der Waals surface area contributed by atoms with Gasteiger partial charge < -0.3 is 14.6 Å². The minimum Gasteiger partial charge on any atom is -0.395 e. The lowest BCUT2D eigenvalue weighted by atomic mass is 9.98. The summed E-state index contributed by atoms with van der Waals surface area (Å²) in [5.74, 6) is -1.04. The molecule has 1 unspecified atom stereocenters. The number of hydrogen-bond donors (Lipinski definition) is 1. The summed E-state index contributed by atoms with van der Waals surface area (Å²) >= 11 is 1.21. The van der Waals surface area contributed by atoms with Gasteiger partial charge in [0.15, 0.2) is 5.76 Å². The smallest absolute Gasteiger partial charge is 0.395 e. The number of hydrogen-bond acceptors (Lipinski definition) is 7. The van der Waals surface area contributed by atoms with E-state index in [0.29, 0.717) is 12.2 Å². The molecule has 2 aliphatic rings. The number of rotatable bonds is 4. The topological polar surface area (TPSA) is 123 Å². The number of nitro groups is 1. The number of nitrogens with zero attached hydrogens (tertiary/aromatic N) is 2. The number of amides is 2. The molecule has 3 heterocycles. The fourth-order valence-corrected chi connectivity index (χ4v) is 3.36. The largest absolute Gasteiger partial charge is 0.433 e. The summed E-state index contributed by atoms with van der Waals surface area (Å²) in [7, 11) is 0. The first-order valence-electron chi connectivity index (χ1n) is 6.96. The van der Waals surface area contributed by atoms with Crippen LogP contribution in [0.25, 0.3) is 0 Å². The second kappa shape index (κ2) is 6.03. The van der Waals surface area contributed by atoms with Crippen LogP contribution in [0.5, 0.6) is 0 Å². The average molecular weight is 339 g/mol. The first-order chi connectivity index (χ1) is 11.0. The zero-order valence-electron chi connectivity index (χ0n) is 11.9. The molecule has 2 aliphatic heterocycles. The number of carbonyl (C=O) groups is 3. The van der Waals surface area contributed by atoms with Gasteiger partial charge in [-0.3, -0.25) is 24.5 Å². The Hall–Kier alpha value is -2.36. The number of furan rings is 1. The third kappa shape index (κ3) is 3.07. The monoisotopic (exact) mass is 339 g/mol. The van der Waals surface area contributed by atoms with Gasteiger partial charge in [-0.05, 0) is 12.5 Å². The lowest BCUT2D eigenvalue weighted by molar-refractivity contribution is -0.402. The van der Waals surface area contributed by atoms with E-state index in [0.717, 1.165) is 6.07 Å². The summed E-state index contributed by atoms with van der Waals surface area (Å²) in [6, 6.07) is 1.91. The lowest BCUT2D eigenvalue weighted by Crippen LogP contribution is -2.57. The van der Waals surface area contributed by atoms with Gasteiger partial charge in [-0.15, -0.1) is 0 Å². The Labute approximate surface area is 134 Å². The Bertz CT molecular complexity index is 681. The van der Waals surface area contributed by atoms with Gasteiger partial charge in [0.2, 0.25) is 11.0 Å². The molecule has 1 atom stereocenters. The zero-order valence-corrected chi connectivity index (χ0v) is 12.7. The van der Waals surface area contributed by atoms with Crippen molar-refractivity contribution in [3.63, 3.8) is 0 Å². The molecule has 1 aromatic heterocycles. The van der Waals surface area contributed by atoms with Gasteiger partial charge in [0, 0.05) is 18.8 Å².